The molecule has 2 aliphatic rings. The van der Waals surface area contributed by atoms with Gasteiger partial charge in [-0.1, -0.05) is 6.92 Å². The highest BCUT2D eigenvalue weighted by Crippen LogP contribution is 2.29. The van der Waals surface area contributed by atoms with Crippen LogP contribution in [0.25, 0.3) is 0 Å². The minimum atomic E-state index is -0.305. The average molecular weight is 256 g/mol. The van der Waals surface area contributed by atoms with Gasteiger partial charge in [-0.2, -0.15) is 0 Å². The number of nitrogens with two attached hydrogens (primary N) is 1. The summed E-state index contributed by atoms with van der Waals surface area (Å²) in [5.74, 6) is 0.587. The number of nitrogens with zero attached hydrogens (tertiary/aromatic N) is 1. The molecule has 2 rings (SSSR count). The van der Waals surface area contributed by atoms with Gasteiger partial charge in [-0.25, -0.2) is 4.79 Å². The first-order valence-electron chi connectivity index (χ1n) is 6.96. The molecule has 18 heavy (non-hydrogen) atoms. The van der Waals surface area contributed by atoms with Crippen molar-refractivity contribution >= 4 is 6.03 Å². The second-order valence-electron chi connectivity index (χ2n) is 5.36. The molecule has 0 aromatic heterocycles. The summed E-state index contributed by atoms with van der Waals surface area (Å²) in [5.41, 5.74) is 5.37. The van der Waals surface area contributed by atoms with Crippen LogP contribution in [0, 0.1) is 5.92 Å². The van der Waals surface area contributed by atoms with E-state index in [4.69, 9.17) is 15.2 Å². The third-order valence-electron chi connectivity index (χ3n) is 3.61. The number of primary amides is 1. The number of hydrogen-bond donors (Lipinski definition) is 1. The summed E-state index contributed by atoms with van der Waals surface area (Å²) >= 11 is 0. The second kappa shape index (κ2) is 6.38. The quantitative estimate of drug-likeness (QED) is 0.633. The lowest BCUT2D eigenvalue weighted by Crippen LogP contribution is -2.37. The molecule has 5 heteroatoms. The van der Waals surface area contributed by atoms with Gasteiger partial charge in [0.25, 0.3) is 0 Å². The van der Waals surface area contributed by atoms with E-state index in [1.165, 1.54) is 0 Å². The van der Waals surface area contributed by atoms with Crippen molar-refractivity contribution in [3.63, 3.8) is 0 Å². The van der Waals surface area contributed by atoms with Crippen molar-refractivity contribution in [1.29, 1.82) is 0 Å². The van der Waals surface area contributed by atoms with Crippen LogP contribution in [0.1, 0.15) is 32.6 Å². The number of amides is 2. The van der Waals surface area contributed by atoms with Crippen molar-refractivity contribution in [3.8, 4) is 0 Å². The van der Waals surface area contributed by atoms with Crippen LogP contribution < -0.4 is 5.73 Å². The van der Waals surface area contributed by atoms with Crippen LogP contribution in [0.4, 0.5) is 4.79 Å². The lowest BCUT2D eigenvalue weighted by molar-refractivity contribution is 0.198. The maximum atomic E-state index is 11.3. The van der Waals surface area contributed by atoms with Gasteiger partial charge in [0.2, 0.25) is 0 Å². The van der Waals surface area contributed by atoms with Crippen molar-refractivity contribution in [1.82, 2.24) is 4.90 Å². The maximum absolute atomic E-state index is 11.3. The van der Waals surface area contributed by atoms with Crippen molar-refractivity contribution in [2.24, 2.45) is 11.7 Å². The largest absolute Gasteiger partial charge is 0.373 e. The predicted molar refractivity (Wildman–Crippen MR) is 68.3 cm³/mol. The zero-order valence-corrected chi connectivity index (χ0v) is 11.1. The maximum Gasteiger partial charge on any atom is 0.314 e. The van der Waals surface area contributed by atoms with Crippen LogP contribution in [0.2, 0.25) is 0 Å². The van der Waals surface area contributed by atoms with Crippen molar-refractivity contribution in [2.45, 2.75) is 44.8 Å². The number of carbonyl (C=O) groups is 1. The standard InChI is InChI=1S/C13H24N2O3/c1-2-4-15(13(14)16)5-3-10(6-11-8-17-11)7-12-9-18-12/h10-12H,2-9H2,1H3,(H2,14,16). The Balaban J connectivity index is 1.72. The van der Waals surface area contributed by atoms with Gasteiger partial charge in [0.1, 0.15) is 0 Å². The number of rotatable bonds is 9. The van der Waals surface area contributed by atoms with E-state index in [0.717, 1.165) is 52.0 Å². The van der Waals surface area contributed by atoms with E-state index in [-0.39, 0.29) is 6.03 Å². The molecule has 5 nitrogen and oxygen atoms in total. The molecular formula is C13H24N2O3. The second-order valence-corrected chi connectivity index (χ2v) is 5.36. The van der Waals surface area contributed by atoms with E-state index in [0.29, 0.717) is 18.1 Å². The highest BCUT2D eigenvalue weighted by Gasteiger charge is 2.32. The zero-order chi connectivity index (χ0) is 13.0. The molecule has 0 saturated carbocycles. The molecule has 0 spiro atoms. The lowest BCUT2D eigenvalue weighted by Gasteiger charge is -2.23. The molecule has 104 valence electrons. The first-order valence-corrected chi connectivity index (χ1v) is 6.96. The highest BCUT2D eigenvalue weighted by molar-refractivity contribution is 5.71. The van der Waals surface area contributed by atoms with Crippen LogP contribution >= 0.6 is 0 Å². The van der Waals surface area contributed by atoms with E-state index >= 15 is 0 Å². The molecule has 2 aliphatic heterocycles. The minimum Gasteiger partial charge on any atom is -0.373 e. The smallest absolute Gasteiger partial charge is 0.314 e. The summed E-state index contributed by atoms with van der Waals surface area (Å²) in [5, 5.41) is 0. The molecule has 2 saturated heterocycles. The summed E-state index contributed by atoms with van der Waals surface area (Å²) in [7, 11) is 0. The van der Waals surface area contributed by atoms with Gasteiger partial charge in [0.15, 0.2) is 0 Å². The van der Waals surface area contributed by atoms with Crippen molar-refractivity contribution in [3.05, 3.63) is 0 Å². The van der Waals surface area contributed by atoms with Gasteiger partial charge >= 0.3 is 6.03 Å². The van der Waals surface area contributed by atoms with E-state index in [2.05, 4.69) is 6.92 Å². The average Bonchev–Trinajstić information content (AvgIpc) is 3.18. The molecule has 0 radical (unpaired) electrons. The monoisotopic (exact) mass is 256 g/mol. The van der Waals surface area contributed by atoms with E-state index in [1.54, 1.807) is 4.90 Å². The third-order valence-corrected chi connectivity index (χ3v) is 3.61. The Kier molecular flexibility index (Phi) is 4.83. The Hall–Kier alpha value is -0.810. The Morgan fingerprint density at radius 1 is 1.28 bits per heavy atom. The minimum absolute atomic E-state index is 0.305. The summed E-state index contributed by atoms with van der Waals surface area (Å²) in [4.78, 5) is 13.0. The van der Waals surface area contributed by atoms with Crippen molar-refractivity contribution < 1.29 is 14.3 Å². The van der Waals surface area contributed by atoms with Crippen molar-refractivity contribution in [2.75, 3.05) is 26.3 Å². The fraction of sp³-hybridized carbons (Fsp3) is 0.923. The lowest BCUT2D eigenvalue weighted by atomic mass is 9.94. The Morgan fingerprint density at radius 2 is 1.83 bits per heavy atom. The van der Waals surface area contributed by atoms with Gasteiger partial charge in [-0.3, -0.25) is 0 Å². The Labute approximate surface area is 109 Å². The number of carbonyl (C=O) groups excluding carboxylic acids is 1. The zero-order valence-electron chi connectivity index (χ0n) is 11.1. The first kappa shape index (κ1) is 13.6. The van der Waals surface area contributed by atoms with Crippen LogP contribution in [0.3, 0.4) is 0 Å². The van der Waals surface area contributed by atoms with E-state index in [1.807, 2.05) is 0 Å². The Morgan fingerprint density at radius 3 is 2.22 bits per heavy atom. The fourth-order valence-corrected chi connectivity index (χ4v) is 2.42. The molecule has 2 unspecified atom stereocenters. The van der Waals surface area contributed by atoms with Crippen LogP contribution in [-0.4, -0.2) is 49.4 Å². The molecule has 0 aromatic carbocycles. The third kappa shape index (κ3) is 4.82. The molecule has 0 aromatic rings. The number of epoxide rings is 2. The predicted octanol–water partition coefficient (Wildman–Crippen LogP) is 1.36. The summed E-state index contributed by atoms with van der Waals surface area (Å²) < 4.78 is 10.6. The molecule has 2 amide bonds. The number of urea groups is 1. The van der Waals surface area contributed by atoms with Gasteiger partial charge < -0.3 is 20.1 Å². The molecular weight excluding hydrogens is 232 g/mol. The van der Waals surface area contributed by atoms with Crippen LogP contribution in [0.15, 0.2) is 0 Å². The molecule has 2 atom stereocenters. The SMILES string of the molecule is CCCN(CCC(CC1CO1)CC1CO1)C(N)=O. The van der Waals surface area contributed by atoms with Gasteiger partial charge in [-0.05, 0) is 31.6 Å². The topological polar surface area (TPSA) is 71.4 Å². The number of ether oxygens (including phenoxy) is 2. The molecule has 0 aliphatic carbocycles. The normalized spacial score (nSPS) is 26.7. The Bertz CT molecular complexity index is 263. The van der Waals surface area contributed by atoms with Gasteiger partial charge in [-0.15, -0.1) is 0 Å². The van der Waals surface area contributed by atoms with E-state index in [9.17, 15) is 4.79 Å². The summed E-state index contributed by atoms with van der Waals surface area (Å²) in [6.45, 7) is 5.37. The van der Waals surface area contributed by atoms with Gasteiger partial charge in [0.05, 0.1) is 25.4 Å². The molecule has 0 bridgehead atoms. The number of hydrogen-bond acceptors (Lipinski definition) is 3. The molecule has 2 fully saturated rings. The highest BCUT2D eigenvalue weighted by atomic mass is 16.6. The molecule has 2 heterocycles. The van der Waals surface area contributed by atoms with Crippen LogP contribution in [0.5, 0.6) is 0 Å². The molecule has 2 N–H and O–H groups in total. The van der Waals surface area contributed by atoms with E-state index < -0.39 is 0 Å². The summed E-state index contributed by atoms with van der Waals surface area (Å²) in [6, 6.07) is -0.305. The van der Waals surface area contributed by atoms with Crippen LogP contribution in [-0.2, 0) is 9.47 Å². The summed E-state index contributed by atoms with van der Waals surface area (Å²) in [6.07, 6.45) is 5.04. The fourth-order valence-electron chi connectivity index (χ4n) is 2.42. The first-order chi connectivity index (χ1) is 8.69. The van der Waals surface area contributed by atoms with Gasteiger partial charge in [0, 0.05) is 13.1 Å².